The van der Waals surface area contributed by atoms with Crippen molar-refractivity contribution in [2.75, 3.05) is 5.73 Å². The predicted octanol–water partition coefficient (Wildman–Crippen LogP) is 1.40. The maximum atomic E-state index is 12.2. The number of urea groups is 1. The molecule has 0 aliphatic carbocycles. The van der Waals surface area contributed by atoms with E-state index in [4.69, 9.17) is 5.73 Å². The van der Waals surface area contributed by atoms with Crippen LogP contribution in [0.4, 0.5) is 16.2 Å². The van der Waals surface area contributed by atoms with Crippen LogP contribution in [-0.2, 0) is 11.3 Å². The number of anilines is 1. The van der Waals surface area contributed by atoms with Crippen molar-refractivity contribution in [3.63, 3.8) is 0 Å². The number of amides is 3. The largest absolute Gasteiger partial charge is 0.393 e. The molecule has 2 rings (SSSR count). The molecule has 8 heteroatoms. The minimum atomic E-state index is -0.899. The summed E-state index contributed by atoms with van der Waals surface area (Å²) >= 11 is 0. The van der Waals surface area contributed by atoms with Gasteiger partial charge in [-0.25, -0.2) is 4.79 Å². The van der Waals surface area contributed by atoms with Crippen molar-refractivity contribution in [2.24, 2.45) is 0 Å². The van der Waals surface area contributed by atoms with Crippen molar-refractivity contribution < 1.29 is 14.5 Å². The van der Waals surface area contributed by atoms with Crippen molar-refractivity contribution in [1.82, 2.24) is 10.2 Å². The van der Waals surface area contributed by atoms with Crippen molar-refractivity contribution in [3.05, 3.63) is 33.9 Å². The summed E-state index contributed by atoms with van der Waals surface area (Å²) in [7, 11) is 0. The standard InChI is InChI=1S/C13H16N4O4/c1-3-13(2)11(18)16(12(19)15-13)7-8-4-5-10(17(20)21)9(14)6-8/h4-6H,3,7,14H2,1-2H3,(H,15,19). The lowest BCUT2D eigenvalue weighted by atomic mass is 9.99. The number of rotatable bonds is 4. The van der Waals surface area contributed by atoms with Crippen LogP contribution in [0.1, 0.15) is 25.8 Å². The molecule has 1 aliphatic rings. The molecule has 1 aliphatic heterocycles. The molecule has 3 N–H and O–H groups in total. The van der Waals surface area contributed by atoms with Gasteiger partial charge in [-0.05, 0) is 25.0 Å². The first kappa shape index (κ1) is 14.8. The lowest BCUT2D eigenvalue weighted by Gasteiger charge is -2.19. The van der Waals surface area contributed by atoms with E-state index < -0.39 is 16.5 Å². The Hall–Kier alpha value is -2.64. The van der Waals surface area contributed by atoms with E-state index in [1.807, 2.05) is 6.92 Å². The third-order valence-corrected chi connectivity index (χ3v) is 3.68. The maximum Gasteiger partial charge on any atom is 0.325 e. The molecule has 1 fully saturated rings. The number of carbonyl (C=O) groups excluding carboxylic acids is 2. The number of nitrogens with zero attached hydrogens (tertiary/aromatic N) is 2. The molecule has 1 saturated heterocycles. The Morgan fingerprint density at radius 2 is 2.10 bits per heavy atom. The van der Waals surface area contributed by atoms with Crippen LogP contribution >= 0.6 is 0 Å². The van der Waals surface area contributed by atoms with Crippen molar-refractivity contribution >= 4 is 23.3 Å². The lowest BCUT2D eigenvalue weighted by Crippen LogP contribution is -2.43. The molecule has 0 saturated carbocycles. The Balaban J connectivity index is 2.23. The first-order chi connectivity index (χ1) is 9.78. The van der Waals surface area contributed by atoms with E-state index in [0.29, 0.717) is 12.0 Å². The van der Waals surface area contributed by atoms with E-state index in [9.17, 15) is 19.7 Å². The third kappa shape index (κ3) is 2.51. The second-order valence-corrected chi connectivity index (χ2v) is 5.16. The van der Waals surface area contributed by atoms with Gasteiger partial charge in [-0.15, -0.1) is 0 Å². The normalized spacial score (nSPS) is 21.5. The fourth-order valence-electron chi connectivity index (χ4n) is 2.18. The van der Waals surface area contributed by atoms with Gasteiger partial charge in [0.1, 0.15) is 11.2 Å². The van der Waals surface area contributed by atoms with E-state index in [2.05, 4.69) is 5.32 Å². The van der Waals surface area contributed by atoms with E-state index >= 15 is 0 Å². The molecule has 3 amide bonds. The number of benzene rings is 1. The van der Waals surface area contributed by atoms with Crippen molar-refractivity contribution in [3.8, 4) is 0 Å². The summed E-state index contributed by atoms with van der Waals surface area (Å²) in [5.74, 6) is -0.313. The number of nitro benzene ring substituents is 1. The number of imide groups is 1. The molecule has 1 unspecified atom stereocenters. The summed E-state index contributed by atoms with van der Waals surface area (Å²) in [6.45, 7) is 3.51. The van der Waals surface area contributed by atoms with E-state index in [1.54, 1.807) is 6.92 Å². The highest BCUT2D eigenvalue weighted by Gasteiger charge is 2.46. The first-order valence-corrected chi connectivity index (χ1v) is 6.45. The molecule has 0 spiro atoms. The summed E-state index contributed by atoms with van der Waals surface area (Å²) in [5, 5.41) is 13.3. The molecule has 0 bridgehead atoms. The van der Waals surface area contributed by atoms with Gasteiger partial charge in [0.2, 0.25) is 0 Å². The zero-order valence-electron chi connectivity index (χ0n) is 11.8. The summed E-state index contributed by atoms with van der Waals surface area (Å²) < 4.78 is 0. The minimum absolute atomic E-state index is 0.00260. The highest BCUT2D eigenvalue weighted by atomic mass is 16.6. The van der Waals surface area contributed by atoms with Crippen LogP contribution in [0.2, 0.25) is 0 Å². The molecule has 1 aromatic rings. The van der Waals surface area contributed by atoms with E-state index in [1.165, 1.54) is 18.2 Å². The minimum Gasteiger partial charge on any atom is -0.393 e. The first-order valence-electron chi connectivity index (χ1n) is 6.45. The van der Waals surface area contributed by atoms with Gasteiger partial charge in [0.25, 0.3) is 11.6 Å². The van der Waals surface area contributed by atoms with Crippen LogP contribution in [0, 0.1) is 10.1 Å². The topological polar surface area (TPSA) is 119 Å². The zero-order chi connectivity index (χ0) is 15.8. The molecule has 8 nitrogen and oxygen atoms in total. The SMILES string of the molecule is CCC1(C)NC(=O)N(Cc2ccc([N+](=O)[O-])c(N)c2)C1=O. The van der Waals surface area contributed by atoms with Gasteiger partial charge in [-0.3, -0.25) is 19.8 Å². The smallest absolute Gasteiger partial charge is 0.325 e. The van der Waals surface area contributed by atoms with Gasteiger partial charge < -0.3 is 11.1 Å². The molecule has 112 valence electrons. The number of nitrogens with two attached hydrogens (primary N) is 1. The van der Waals surface area contributed by atoms with Crippen LogP contribution < -0.4 is 11.1 Å². The molecule has 1 aromatic carbocycles. The number of carbonyl (C=O) groups is 2. The molecule has 1 heterocycles. The Labute approximate surface area is 121 Å². The number of nitrogen functional groups attached to an aromatic ring is 1. The average molecular weight is 292 g/mol. The summed E-state index contributed by atoms with van der Waals surface area (Å²) in [5.41, 5.74) is 5.06. The van der Waals surface area contributed by atoms with Crippen molar-refractivity contribution in [2.45, 2.75) is 32.4 Å². The molecule has 0 radical (unpaired) electrons. The summed E-state index contributed by atoms with van der Waals surface area (Å²) in [4.78, 5) is 35.3. The van der Waals surface area contributed by atoms with E-state index in [-0.39, 0.29) is 23.8 Å². The number of nitro groups is 1. The van der Waals surface area contributed by atoms with Gasteiger partial charge >= 0.3 is 6.03 Å². The van der Waals surface area contributed by atoms with Crippen LogP contribution in [0.25, 0.3) is 0 Å². The molecular formula is C13H16N4O4. The molecular weight excluding hydrogens is 276 g/mol. The highest BCUT2D eigenvalue weighted by Crippen LogP contribution is 2.26. The Kier molecular flexibility index (Phi) is 3.54. The quantitative estimate of drug-likeness (QED) is 0.376. The number of hydrogen-bond donors (Lipinski definition) is 2. The van der Waals surface area contributed by atoms with Crippen LogP contribution in [0.5, 0.6) is 0 Å². The molecule has 1 atom stereocenters. The Morgan fingerprint density at radius 3 is 2.57 bits per heavy atom. The molecule has 0 aromatic heterocycles. The fourth-order valence-corrected chi connectivity index (χ4v) is 2.18. The Morgan fingerprint density at radius 1 is 1.43 bits per heavy atom. The van der Waals surface area contributed by atoms with Crippen molar-refractivity contribution in [1.29, 1.82) is 0 Å². The highest BCUT2D eigenvalue weighted by molar-refractivity contribution is 6.06. The number of nitrogens with one attached hydrogen (secondary N) is 1. The van der Waals surface area contributed by atoms with Gasteiger partial charge in [0.15, 0.2) is 0 Å². The average Bonchev–Trinajstić information content (AvgIpc) is 2.63. The lowest BCUT2D eigenvalue weighted by molar-refractivity contribution is -0.383. The van der Waals surface area contributed by atoms with E-state index in [0.717, 1.165) is 4.90 Å². The fraction of sp³-hybridized carbons (Fsp3) is 0.385. The van der Waals surface area contributed by atoms with Gasteiger partial charge in [0, 0.05) is 6.07 Å². The third-order valence-electron chi connectivity index (χ3n) is 3.68. The monoisotopic (exact) mass is 292 g/mol. The number of hydrogen-bond acceptors (Lipinski definition) is 5. The van der Waals surface area contributed by atoms with Gasteiger partial charge in [-0.1, -0.05) is 13.0 Å². The summed E-state index contributed by atoms with van der Waals surface area (Å²) in [6.07, 6.45) is 0.483. The predicted molar refractivity (Wildman–Crippen MR) is 75.3 cm³/mol. The van der Waals surface area contributed by atoms with Gasteiger partial charge in [-0.2, -0.15) is 0 Å². The van der Waals surface area contributed by atoms with Crippen LogP contribution in [-0.4, -0.2) is 27.3 Å². The van der Waals surface area contributed by atoms with Crippen LogP contribution in [0.3, 0.4) is 0 Å². The van der Waals surface area contributed by atoms with Crippen LogP contribution in [0.15, 0.2) is 18.2 Å². The maximum absolute atomic E-state index is 12.2. The van der Waals surface area contributed by atoms with Gasteiger partial charge in [0.05, 0.1) is 11.5 Å². The second-order valence-electron chi connectivity index (χ2n) is 5.16. The Bertz CT molecular complexity index is 631. The summed E-state index contributed by atoms with van der Waals surface area (Å²) in [6, 6.07) is 3.68. The molecule has 21 heavy (non-hydrogen) atoms. The second kappa shape index (κ2) is 5.04. The zero-order valence-corrected chi connectivity index (χ0v) is 11.8.